The molecule has 7 heteroatoms. The number of aryl methyl sites for hydroxylation is 1. The second-order valence-electron chi connectivity index (χ2n) is 9.00. The highest BCUT2D eigenvalue weighted by atomic mass is 35.5. The lowest BCUT2D eigenvalue weighted by atomic mass is 9.96. The number of fused-ring (bicyclic) bond motifs is 1. The van der Waals surface area contributed by atoms with Crippen LogP contribution in [0.15, 0.2) is 65.3 Å². The maximum Gasteiger partial charge on any atom is 0.227 e. The number of H-pyrrole nitrogens is 1. The Morgan fingerprint density at radius 1 is 1.00 bits per heavy atom. The summed E-state index contributed by atoms with van der Waals surface area (Å²) in [4.78, 5) is 17.7. The Morgan fingerprint density at radius 2 is 1.74 bits per heavy atom. The van der Waals surface area contributed by atoms with Gasteiger partial charge in [-0.3, -0.25) is 9.89 Å². The number of furan rings is 1. The standard InChI is InChI=1S/C28H23Cl2N3O2/c1-15(2)10-25(34)27-16(3)22-12-23(17-4-7-20(29)8-5-17)26(33-28(22)35-27)21-9-6-18(11-24(21)30)19-13-31-32-14-19/h4-9,11-15H,10H2,1-3H3,(H,31,32). The number of Topliss-reactive ketones (excluding diaryl/α,β-unsaturated/α-hetero) is 1. The van der Waals surface area contributed by atoms with Gasteiger partial charge in [-0.2, -0.15) is 5.10 Å². The van der Waals surface area contributed by atoms with Crippen LogP contribution in [0.3, 0.4) is 0 Å². The number of pyridine rings is 1. The zero-order chi connectivity index (χ0) is 24.7. The Bertz CT molecular complexity index is 1540. The number of rotatable bonds is 6. The van der Waals surface area contributed by atoms with E-state index in [9.17, 15) is 4.79 Å². The zero-order valence-corrected chi connectivity index (χ0v) is 21.0. The van der Waals surface area contributed by atoms with Crippen LogP contribution in [0.2, 0.25) is 10.0 Å². The number of aromatic amines is 1. The second kappa shape index (κ2) is 9.33. The number of nitrogens with zero attached hydrogens (tertiary/aromatic N) is 2. The molecule has 1 N–H and O–H groups in total. The monoisotopic (exact) mass is 503 g/mol. The average molecular weight is 504 g/mol. The molecule has 5 nitrogen and oxygen atoms in total. The normalized spacial score (nSPS) is 11.5. The predicted octanol–water partition coefficient (Wildman–Crippen LogP) is 8.40. The average Bonchev–Trinajstić information content (AvgIpc) is 3.47. The van der Waals surface area contributed by atoms with E-state index in [1.807, 2.05) is 75.5 Å². The molecule has 0 atom stereocenters. The van der Waals surface area contributed by atoms with Gasteiger partial charge >= 0.3 is 0 Å². The maximum absolute atomic E-state index is 12.8. The number of ketones is 1. The lowest BCUT2D eigenvalue weighted by molar-refractivity contribution is 0.0941. The van der Waals surface area contributed by atoms with E-state index in [-0.39, 0.29) is 11.7 Å². The topological polar surface area (TPSA) is 71.8 Å². The molecular weight excluding hydrogens is 481 g/mol. The van der Waals surface area contributed by atoms with Crippen molar-refractivity contribution in [3.8, 4) is 33.5 Å². The van der Waals surface area contributed by atoms with Crippen LogP contribution in [0.5, 0.6) is 0 Å². The molecule has 0 fully saturated rings. The largest absolute Gasteiger partial charge is 0.434 e. The minimum atomic E-state index is -0.0207. The van der Waals surface area contributed by atoms with Gasteiger partial charge in [0.2, 0.25) is 5.71 Å². The van der Waals surface area contributed by atoms with Gasteiger partial charge in [0, 0.05) is 45.3 Å². The Hall–Kier alpha value is -3.41. The molecule has 5 aromatic rings. The van der Waals surface area contributed by atoms with E-state index < -0.39 is 0 Å². The van der Waals surface area contributed by atoms with Crippen LogP contribution in [0.1, 0.15) is 36.4 Å². The summed E-state index contributed by atoms with van der Waals surface area (Å²) < 4.78 is 6.02. The molecule has 0 aliphatic rings. The summed E-state index contributed by atoms with van der Waals surface area (Å²) in [6.07, 6.45) is 3.98. The summed E-state index contributed by atoms with van der Waals surface area (Å²) >= 11 is 12.9. The molecular formula is C28H23Cl2N3O2. The summed E-state index contributed by atoms with van der Waals surface area (Å²) in [7, 11) is 0. The number of benzene rings is 2. The molecule has 2 aromatic carbocycles. The summed E-state index contributed by atoms with van der Waals surface area (Å²) in [5.41, 5.74) is 6.32. The van der Waals surface area contributed by atoms with E-state index in [0.29, 0.717) is 33.6 Å². The highest BCUT2D eigenvalue weighted by Gasteiger charge is 2.23. The number of hydrogen-bond donors (Lipinski definition) is 1. The smallest absolute Gasteiger partial charge is 0.227 e. The molecule has 0 radical (unpaired) electrons. The van der Waals surface area contributed by atoms with Crippen molar-refractivity contribution in [1.82, 2.24) is 15.2 Å². The minimum Gasteiger partial charge on any atom is -0.434 e. The van der Waals surface area contributed by atoms with Gasteiger partial charge < -0.3 is 4.42 Å². The summed E-state index contributed by atoms with van der Waals surface area (Å²) in [5.74, 6) is 0.574. The van der Waals surface area contributed by atoms with Crippen LogP contribution in [0.4, 0.5) is 0 Å². The van der Waals surface area contributed by atoms with Gasteiger partial charge in [-0.05, 0) is 48.2 Å². The third kappa shape index (κ3) is 4.49. The Balaban J connectivity index is 1.71. The van der Waals surface area contributed by atoms with Crippen molar-refractivity contribution in [2.75, 3.05) is 0 Å². The zero-order valence-electron chi connectivity index (χ0n) is 19.5. The number of nitrogens with one attached hydrogen (secondary N) is 1. The molecule has 0 spiro atoms. The molecule has 3 heterocycles. The van der Waals surface area contributed by atoms with Crippen molar-refractivity contribution >= 4 is 40.1 Å². The van der Waals surface area contributed by atoms with E-state index >= 15 is 0 Å². The number of aromatic nitrogens is 3. The molecule has 0 saturated heterocycles. The molecule has 0 aliphatic carbocycles. The van der Waals surface area contributed by atoms with Gasteiger partial charge in [0.05, 0.1) is 16.9 Å². The summed E-state index contributed by atoms with van der Waals surface area (Å²) in [6, 6.07) is 15.4. The fourth-order valence-corrected chi connectivity index (χ4v) is 4.61. The predicted molar refractivity (Wildman–Crippen MR) is 141 cm³/mol. The second-order valence-corrected chi connectivity index (χ2v) is 9.85. The van der Waals surface area contributed by atoms with E-state index in [2.05, 4.69) is 10.2 Å². The number of carbonyl (C=O) groups is 1. The Labute approximate surface area is 213 Å². The minimum absolute atomic E-state index is 0.0207. The van der Waals surface area contributed by atoms with Gasteiger partial charge in [-0.25, -0.2) is 4.98 Å². The SMILES string of the molecule is Cc1c(C(=O)CC(C)C)oc2nc(-c3ccc(-c4cn[nH]c4)cc3Cl)c(-c3ccc(Cl)cc3)cc12. The number of carbonyl (C=O) groups excluding carboxylic acids is 1. The first-order valence-electron chi connectivity index (χ1n) is 11.3. The maximum atomic E-state index is 12.8. The van der Waals surface area contributed by atoms with Crippen LogP contribution >= 0.6 is 23.2 Å². The molecule has 5 rings (SSSR count). The van der Waals surface area contributed by atoms with Crippen molar-refractivity contribution < 1.29 is 9.21 Å². The molecule has 35 heavy (non-hydrogen) atoms. The van der Waals surface area contributed by atoms with Gasteiger partial charge in [0.25, 0.3) is 0 Å². The van der Waals surface area contributed by atoms with Crippen LogP contribution in [0, 0.1) is 12.8 Å². The van der Waals surface area contributed by atoms with E-state index in [1.54, 1.807) is 6.20 Å². The fraction of sp³-hybridized carbons (Fsp3) is 0.179. The first-order valence-corrected chi connectivity index (χ1v) is 12.1. The van der Waals surface area contributed by atoms with E-state index in [1.165, 1.54) is 0 Å². The lowest BCUT2D eigenvalue weighted by Gasteiger charge is -2.12. The lowest BCUT2D eigenvalue weighted by Crippen LogP contribution is -2.03. The van der Waals surface area contributed by atoms with Crippen molar-refractivity contribution in [3.05, 3.63) is 82.3 Å². The number of halogens is 2. The molecule has 0 saturated carbocycles. The molecule has 176 valence electrons. The molecule has 0 unspecified atom stereocenters. The Kier molecular flexibility index (Phi) is 6.22. The van der Waals surface area contributed by atoms with Gasteiger partial charge in [0.1, 0.15) is 0 Å². The van der Waals surface area contributed by atoms with E-state index in [4.69, 9.17) is 32.6 Å². The molecule has 0 bridgehead atoms. The third-order valence-electron chi connectivity index (χ3n) is 5.99. The summed E-state index contributed by atoms with van der Waals surface area (Å²) in [5, 5.41) is 8.83. The fourth-order valence-electron chi connectivity index (χ4n) is 4.22. The third-order valence-corrected chi connectivity index (χ3v) is 6.55. The Morgan fingerprint density at radius 3 is 2.40 bits per heavy atom. The van der Waals surface area contributed by atoms with E-state index in [0.717, 1.165) is 38.8 Å². The van der Waals surface area contributed by atoms with Crippen molar-refractivity contribution in [2.24, 2.45) is 5.92 Å². The quantitative estimate of drug-likeness (QED) is 0.236. The summed E-state index contributed by atoms with van der Waals surface area (Å²) in [6.45, 7) is 5.93. The number of hydrogen-bond acceptors (Lipinski definition) is 4. The first kappa shape index (κ1) is 23.3. The molecule has 3 aromatic heterocycles. The highest BCUT2D eigenvalue weighted by Crippen LogP contribution is 2.40. The highest BCUT2D eigenvalue weighted by molar-refractivity contribution is 6.34. The first-order chi connectivity index (χ1) is 16.8. The molecule has 0 amide bonds. The van der Waals surface area contributed by atoms with Gasteiger partial charge in [0.15, 0.2) is 11.5 Å². The van der Waals surface area contributed by atoms with Crippen molar-refractivity contribution in [1.29, 1.82) is 0 Å². The molecule has 0 aliphatic heterocycles. The van der Waals surface area contributed by atoms with Crippen LogP contribution < -0.4 is 0 Å². The van der Waals surface area contributed by atoms with Crippen molar-refractivity contribution in [2.45, 2.75) is 27.2 Å². The van der Waals surface area contributed by atoms with Crippen LogP contribution in [-0.4, -0.2) is 21.0 Å². The van der Waals surface area contributed by atoms with Gasteiger partial charge in [-0.15, -0.1) is 0 Å². The van der Waals surface area contributed by atoms with Crippen LogP contribution in [0.25, 0.3) is 44.6 Å². The van der Waals surface area contributed by atoms with Crippen LogP contribution in [-0.2, 0) is 0 Å². The van der Waals surface area contributed by atoms with Gasteiger partial charge in [-0.1, -0.05) is 61.3 Å². The van der Waals surface area contributed by atoms with Crippen molar-refractivity contribution in [3.63, 3.8) is 0 Å².